The van der Waals surface area contributed by atoms with Crippen molar-refractivity contribution < 1.29 is 13.5 Å². The van der Waals surface area contributed by atoms with Crippen LogP contribution in [0.15, 0.2) is 35.3 Å². The molecule has 0 atom stereocenters. The summed E-state index contributed by atoms with van der Waals surface area (Å²) in [4.78, 5) is 15.7. The number of rotatable bonds is 4. The van der Waals surface area contributed by atoms with Crippen LogP contribution in [0.4, 0.5) is 8.78 Å². The summed E-state index contributed by atoms with van der Waals surface area (Å²) in [6.45, 7) is 3.50. The molecule has 0 fully saturated rings. The second-order valence-corrected chi connectivity index (χ2v) is 4.55. The Morgan fingerprint density at radius 3 is 2.70 bits per heavy atom. The zero-order chi connectivity index (χ0) is 14.7. The van der Waals surface area contributed by atoms with Gasteiger partial charge in [0.2, 0.25) is 0 Å². The first-order valence-corrected chi connectivity index (χ1v) is 6.13. The molecule has 0 spiro atoms. The van der Waals surface area contributed by atoms with Gasteiger partial charge in [0.25, 0.3) is 11.6 Å². The Morgan fingerprint density at radius 2 is 2.05 bits per heavy atom. The molecule has 0 radical (unpaired) electrons. The second-order valence-electron chi connectivity index (χ2n) is 4.55. The highest BCUT2D eigenvalue weighted by molar-refractivity contribution is 5.18. The quantitative estimate of drug-likeness (QED) is 0.865. The van der Waals surface area contributed by atoms with Crippen molar-refractivity contribution in [3.8, 4) is 6.01 Å². The first kappa shape index (κ1) is 14.2. The SMILES string of the molecule is CC(C)n1c(OCc2ccc(F)cc2F)nccc1=O. The lowest BCUT2D eigenvalue weighted by Crippen LogP contribution is -2.23. The number of hydrogen-bond donors (Lipinski definition) is 0. The number of halogens is 2. The van der Waals surface area contributed by atoms with Crippen LogP contribution in [-0.4, -0.2) is 9.55 Å². The Balaban J connectivity index is 2.23. The molecule has 6 heteroatoms. The number of ether oxygens (including phenoxy) is 1. The van der Waals surface area contributed by atoms with Crippen LogP contribution in [0.2, 0.25) is 0 Å². The summed E-state index contributed by atoms with van der Waals surface area (Å²) in [5.74, 6) is -1.34. The molecule has 0 saturated heterocycles. The summed E-state index contributed by atoms with van der Waals surface area (Å²) in [5, 5.41) is 0. The fraction of sp³-hybridized carbons (Fsp3) is 0.286. The molecular weight excluding hydrogens is 266 g/mol. The Morgan fingerprint density at radius 1 is 1.30 bits per heavy atom. The van der Waals surface area contributed by atoms with Gasteiger partial charge >= 0.3 is 0 Å². The molecule has 2 rings (SSSR count). The van der Waals surface area contributed by atoms with Gasteiger partial charge in [-0.25, -0.2) is 13.8 Å². The van der Waals surface area contributed by atoms with Gasteiger partial charge in [0, 0.05) is 29.9 Å². The Hall–Kier alpha value is -2.24. The third-order valence-electron chi connectivity index (χ3n) is 2.73. The lowest BCUT2D eigenvalue weighted by atomic mass is 10.2. The number of benzene rings is 1. The molecule has 0 N–H and O–H groups in total. The second kappa shape index (κ2) is 5.81. The van der Waals surface area contributed by atoms with Gasteiger partial charge in [-0.1, -0.05) is 0 Å². The van der Waals surface area contributed by atoms with Crippen molar-refractivity contribution in [2.45, 2.75) is 26.5 Å². The summed E-state index contributed by atoms with van der Waals surface area (Å²) < 4.78 is 33.0. The van der Waals surface area contributed by atoms with Crippen LogP contribution in [0.1, 0.15) is 25.5 Å². The average molecular weight is 280 g/mol. The standard InChI is InChI=1S/C14H14F2N2O2/c1-9(2)18-13(19)5-6-17-14(18)20-8-10-3-4-11(15)7-12(10)16/h3-7,9H,8H2,1-2H3. The van der Waals surface area contributed by atoms with E-state index in [0.29, 0.717) is 0 Å². The lowest BCUT2D eigenvalue weighted by molar-refractivity contribution is 0.249. The third kappa shape index (κ3) is 3.01. The molecule has 4 nitrogen and oxygen atoms in total. The highest BCUT2D eigenvalue weighted by Gasteiger charge is 2.11. The van der Waals surface area contributed by atoms with Gasteiger partial charge in [0.15, 0.2) is 0 Å². The zero-order valence-corrected chi connectivity index (χ0v) is 11.1. The van der Waals surface area contributed by atoms with E-state index in [1.54, 1.807) is 0 Å². The molecule has 0 saturated carbocycles. The van der Waals surface area contributed by atoms with E-state index in [1.807, 2.05) is 13.8 Å². The van der Waals surface area contributed by atoms with Gasteiger partial charge in [-0.3, -0.25) is 9.36 Å². The van der Waals surface area contributed by atoms with Gasteiger partial charge in [-0.2, -0.15) is 0 Å². The highest BCUT2D eigenvalue weighted by Crippen LogP contribution is 2.15. The molecule has 0 amide bonds. The summed E-state index contributed by atoms with van der Waals surface area (Å²) >= 11 is 0. The number of aromatic nitrogens is 2. The molecule has 0 bridgehead atoms. The van der Waals surface area contributed by atoms with E-state index in [-0.39, 0.29) is 29.8 Å². The smallest absolute Gasteiger partial charge is 0.299 e. The lowest BCUT2D eigenvalue weighted by Gasteiger charge is -2.15. The van der Waals surface area contributed by atoms with Crippen molar-refractivity contribution in [3.63, 3.8) is 0 Å². The minimum Gasteiger partial charge on any atom is -0.460 e. The largest absolute Gasteiger partial charge is 0.460 e. The minimum atomic E-state index is -0.695. The molecule has 0 aliphatic heterocycles. The monoisotopic (exact) mass is 280 g/mol. The summed E-state index contributed by atoms with van der Waals surface area (Å²) in [6.07, 6.45) is 1.33. The summed E-state index contributed by atoms with van der Waals surface area (Å²) in [7, 11) is 0. The van der Waals surface area contributed by atoms with E-state index in [1.165, 1.54) is 22.9 Å². The normalized spacial score (nSPS) is 10.8. The van der Waals surface area contributed by atoms with E-state index >= 15 is 0 Å². The van der Waals surface area contributed by atoms with E-state index in [9.17, 15) is 13.6 Å². The Labute approximate surface area is 114 Å². The fourth-order valence-electron chi connectivity index (χ4n) is 1.76. The number of hydrogen-bond acceptors (Lipinski definition) is 3. The third-order valence-corrected chi connectivity index (χ3v) is 2.73. The zero-order valence-electron chi connectivity index (χ0n) is 11.1. The average Bonchev–Trinajstić information content (AvgIpc) is 2.37. The molecule has 0 aliphatic rings. The number of nitrogens with zero attached hydrogens (tertiary/aromatic N) is 2. The molecule has 106 valence electrons. The maximum absolute atomic E-state index is 13.5. The summed E-state index contributed by atoms with van der Waals surface area (Å²) in [5.41, 5.74) is -0.0515. The molecule has 2 aromatic rings. The molecule has 1 heterocycles. The maximum Gasteiger partial charge on any atom is 0.299 e. The van der Waals surface area contributed by atoms with Gasteiger partial charge in [-0.15, -0.1) is 0 Å². The van der Waals surface area contributed by atoms with Crippen molar-refractivity contribution in [3.05, 3.63) is 58.0 Å². The van der Waals surface area contributed by atoms with E-state index in [2.05, 4.69) is 4.98 Å². The molecule has 0 unspecified atom stereocenters. The maximum atomic E-state index is 13.5. The molecule has 1 aromatic heterocycles. The topological polar surface area (TPSA) is 44.1 Å². The van der Waals surface area contributed by atoms with Crippen LogP contribution < -0.4 is 10.3 Å². The van der Waals surface area contributed by atoms with Crippen LogP contribution in [0, 0.1) is 11.6 Å². The first-order valence-electron chi connectivity index (χ1n) is 6.13. The summed E-state index contributed by atoms with van der Waals surface area (Å²) in [6, 6.07) is 4.53. The van der Waals surface area contributed by atoms with Crippen molar-refractivity contribution in [1.82, 2.24) is 9.55 Å². The van der Waals surface area contributed by atoms with Gasteiger partial charge in [0.1, 0.15) is 18.2 Å². The Kier molecular flexibility index (Phi) is 4.12. The first-order chi connectivity index (χ1) is 9.49. The fourth-order valence-corrected chi connectivity index (χ4v) is 1.76. The van der Waals surface area contributed by atoms with Crippen molar-refractivity contribution >= 4 is 0 Å². The predicted molar refractivity (Wildman–Crippen MR) is 69.6 cm³/mol. The molecule has 20 heavy (non-hydrogen) atoms. The molecule has 1 aromatic carbocycles. The van der Waals surface area contributed by atoms with E-state index in [0.717, 1.165) is 12.1 Å². The molecular formula is C14H14F2N2O2. The van der Waals surface area contributed by atoms with Crippen LogP contribution >= 0.6 is 0 Å². The van der Waals surface area contributed by atoms with Crippen molar-refractivity contribution in [1.29, 1.82) is 0 Å². The van der Waals surface area contributed by atoms with Gasteiger partial charge in [-0.05, 0) is 26.0 Å². The Bertz CT molecular complexity index is 668. The van der Waals surface area contributed by atoms with Crippen molar-refractivity contribution in [2.24, 2.45) is 0 Å². The van der Waals surface area contributed by atoms with Gasteiger partial charge in [0.05, 0.1) is 0 Å². The molecule has 0 aliphatic carbocycles. The van der Waals surface area contributed by atoms with Crippen LogP contribution in [0.3, 0.4) is 0 Å². The predicted octanol–water partition coefficient (Wildman–Crippen LogP) is 2.68. The van der Waals surface area contributed by atoms with Crippen LogP contribution in [-0.2, 0) is 6.61 Å². The van der Waals surface area contributed by atoms with Crippen LogP contribution in [0.25, 0.3) is 0 Å². The van der Waals surface area contributed by atoms with Gasteiger partial charge < -0.3 is 4.74 Å². The van der Waals surface area contributed by atoms with E-state index in [4.69, 9.17) is 4.74 Å². The minimum absolute atomic E-state index is 0.108. The highest BCUT2D eigenvalue weighted by atomic mass is 19.1. The van der Waals surface area contributed by atoms with E-state index < -0.39 is 11.6 Å². The van der Waals surface area contributed by atoms with Crippen molar-refractivity contribution in [2.75, 3.05) is 0 Å². The van der Waals surface area contributed by atoms with Crippen LogP contribution in [0.5, 0.6) is 6.01 Å².